The molecule has 0 aromatic carbocycles. The van der Waals surface area contributed by atoms with E-state index in [1.54, 1.807) is 6.20 Å². The monoisotopic (exact) mass is 435 g/mol. The average Bonchev–Trinajstić information content (AvgIpc) is 3.32. The Morgan fingerprint density at radius 3 is 2.78 bits per heavy atom. The number of pyridine rings is 1. The summed E-state index contributed by atoms with van der Waals surface area (Å²) in [6.45, 7) is 4.86. The highest BCUT2D eigenvalue weighted by molar-refractivity contribution is 5.83. The molecule has 1 N–H and O–H groups in total. The number of hydrogen-bond donors (Lipinski definition) is 1. The molecule has 4 aliphatic rings. The van der Waals surface area contributed by atoms with Crippen LogP contribution in [-0.2, 0) is 11.3 Å². The average molecular weight is 436 g/mol. The molecular weight excluding hydrogens is 398 g/mol. The molecule has 5 nitrogen and oxygen atoms in total. The molecule has 0 saturated heterocycles. The zero-order valence-electron chi connectivity index (χ0n) is 19.5. The van der Waals surface area contributed by atoms with Crippen LogP contribution in [0.4, 0.5) is 0 Å². The Labute approximate surface area is 191 Å². The number of rotatable bonds is 3. The van der Waals surface area contributed by atoms with Crippen LogP contribution in [0.2, 0.25) is 0 Å². The van der Waals surface area contributed by atoms with Crippen molar-refractivity contribution in [2.24, 2.45) is 40.9 Å². The summed E-state index contributed by atoms with van der Waals surface area (Å²) in [5, 5.41) is 16.2. The van der Waals surface area contributed by atoms with Gasteiger partial charge in [-0.2, -0.15) is 5.10 Å². The van der Waals surface area contributed by atoms with Crippen LogP contribution in [0.1, 0.15) is 71.6 Å². The summed E-state index contributed by atoms with van der Waals surface area (Å²) >= 11 is 0. The van der Waals surface area contributed by atoms with Gasteiger partial charge in [0.1, 0.15) is 0 Å². The lowest BCUT2D eigenvalue weighted by molar-refractivity contribution is -0.133. The third-order valence-corrected chi connectivity index (χ3v) is 10.3. The van der Waals surface area contributed by atoms with Gasteiger partial charge in [0.15, 0.2) is 5.78 Å². The predicted molar refractivity (Wildman–Crippen MR) is 124 cm³/mol. The molecule has 2 heterocycles. The van der Waals surface area contributed by atoms with E-state index in [9.17, 15) is 9.90 Å². The maximum absolute atomic E-state index is 13.5. The van der Waals surface area contributed by atoms with Crippen molar-refractivity contribution in [2.75, 3.05) is 0 Å². The van der Waals surface area contributed by atoms with Crippen molar-refractivity contribution >= 4 is 16.7 Å². The minimum Gasteiger partial charge on any atom is -0.390 e. The lowest BCUT2D eigenvalue weighted by atomic mass is 9.49. The Hall–Kier alpha value is -1.75. The van der Waals surface area contributed by atoms with Gasteiger partial charge in [-0.3, -0.25) is 14.5 Å². The Morgan fingerprint density at radius 2 is 1.94 bits per heavy atom. The van der Waals surface area contributed by atoms with Crippen LogP contribution in [0, 0.1) is 40.9 Å². The highest BCUT2D eigenvalue weighted by atomic mass is 16.3. The lowest BCUT2D eigenvalue weighted by Gasteiger charge is -2.56. The standard InChI is InChI=1S/C27H37N3O2/c1-26(32)10-7-19-17(13-26)3-4-21-20(19)8-11-27(2)22(21)5-6-23(27)25(31)16-30-15-18-14-28-12-9-24(18)29-30/h9,12,14-15,17,19-23,32H,3-8,10-11,13,16H2,1-2H3/t17-,19+,20-,21?,22+,23-,26-,27+/m1/s1. The maximum atomic E-state index is 13.5. The lowest BCUT2D eigenvalue weighted by Crippen LogP contribution is -2.51. The van der Waals surface area contributed by atoms with Gasteiger partial charge in [-0.25, -0.2) is 0 Å². The van der Waals surface area contributed by atoms with Gasteiger partial charge in [-0.05, 0) is 106 Å². The molecule has 172 valence electrons. The van der Waals surface area contributed by atoms with Gasteiger partial charge in [0.05, 0.1) is 17.7 Å². The number of carbonyl (C=O) groups is 1. The second-order valence-corrected chi connectivity index (χ2v) is 12.1. The number of fused-ring (bicyclic) bond motifs is 6. The van der Waals surface area contributed by atoms with Gasteiger partial charge in [-0.1, -0.05) is 6.92 Å². The van der Waals surface area contributed by atoms with Gasteiger partial charge in [-0.15, -0.1) is 0 Å². The summed E-state index contributed by atoms with van der Waals surface area (Å²) in [6.07, 6.45) is 16.0. The van der Waals surface area contributed by atoms with Crippen LogP contribution < -0.4 is 0 Å². The van der Waals surface area contributed by atoms with Crippen molar-refractivity contribution in [1.82, 2.24) is 14.8 Å². The van der Waals surface area contributed by atoms with Crippen LogP contribution in [0.3, 0.4) is 0 Å². The molecule has 0 bridgehead atoms. The molecule has 4 aliphatic carbocycles. The first-order valence-electron chi connectivity index (χ1n) is 12.9. The molecule has 0 radical (unpaired) electrons. The van der Waals surface area contributed by atoms with E-state index in [2.05, 4.69) is 17.0 Å². The topological polar surface area (TPSA) is 68.0 Å². The predicted octanol–water partition coefficient (Wildman–Crippen LogP) is 5.02. The zero-order valence-corrected chi connectivity index (χ0v) is 19.5. The fourth-order valence-electron chi connectivity index (χ4n) is 8.88. The minimum absolute atomic E-state index is 0.152. The summed E-state index contributed by atoms with van der Waals surface area (Å²) in [5.41, 5.74) is 0.612. The first-order chi connectivity index (χ1) is 15.3. The van der Waals surface area contributed by atoms with Crippen molar-refractivity contribution in [2.45, 2.75) is 83.8 Å². The molecule has 2 aromatic heterocycles. The van der Waals surface area contributed by atoms with Gasteiger partial charge in [0, 0.05) is 29.9 Å². The smallest absolute Gasteiger partial charge is 0.157 e. The normalized spacial score (nSPS) is 43.5. The van der Waals surface area contributed by atoms with E-state index in [0.29, 0.717) is 24.2 Å². The second kappa shape index (κ2) is 7.38. The Morgan fingerprint density at radius 1 is 1.09 bits per heavy atom. The second-order valence-electron chi connectivity index (χ2n) is 12.1. The molecule has 0 aliphatic heterocycles. The van der Waals surface area contributed by atoms with Crippen LogP contribution in [0.5, 0.6) is 0 Å². The number of hydrogen-bond acceptors (Lipinski definition) is 4. The molecule has 4 saturated carbocycles. The van der Waals surface area contributed by atoms with Crippen LogP contribution in [0.25, 0.3) is 10.9 Å². The van der Waals surface area contributed by atoms with E-state index in [0.717, 1.165) is 47.9 Å². The summed E-state index contributed by atoms with van der Waals surface area (Å²) in [6, 6.07) is 1.91. The van der Waals surface area contributed by atoms with Crippen molar-refractivity contribution in [3.63, 3.8) is 0 Å². The summed E-state index contributed by atoms with van der Waals surface area (Å²) in [7, 11) is 0. The van der Waals surface area contributed by atoms with Crippen molar-refractivity contribution in [3.8, 4) is 0 Å². The zero-order chi connectivity index (χ0) is 22.1. The number of aliphatic hydroxyl groups is 1. The number of carbonyl (C=O) groups excluding carboxylic acids is 1. The largest absolute Gasteiger partial charge is 0.390 e. The van der Waals surface area contributed by atoms with Crippen LogP contribution >= 0.6 is 0 Å². The van der Waals surface area contributed by atoms with Crippen molar-refractivity contribution in [3.05, 3.63) is 24.7 Å². The third-order valence-electron chi connectivity index (χ3n) is 10.3. The number of nitrogens with zero attached hydrogens (tertiary/aromatic N) is 3. The maximum Gasteiger partial charge on any atom is 0.157 e. The molecule has 8 atom stereocenters. The molecule has 1 unspecified atom stereocenters. The first kappa shape index (κ1) is 20.8. The van der Waals surface area contributed by atoms with E-state index in [-0.39, 0.29) is 11.3 Å². The van der Waals surface area contributed by atoms with E-state index < -0.39 is 5.60 Å². The molecular formula is C27H37N3O2. The van der Waals surface area contributed by atoms with Crippen LogP contribution in [-0.4, -0.2) is 31.3 Å². The van der Waals surface area contributed by atoms with Crippen molar-refractivity contribution < 1.29 is 9.90 Å². The fourth-order valence-corrected chi connectivity index (χ4v) is 8.88. The summed E-state index contributed by atoms with van der Waals surface area (Å²) in [5.74, 6) is 4.36. The highest BCUT2D eigenvalue weighted by Gasteiger charge is 2.58. The van der Waals surface area contributed by atoms with Gasteiger partial charge >= 0.3 is 0 Å². The molecule has 2 aromatic rings. The first-order valence-corrected chi connectivity index (χ1v) is 12.9. The minimum atomic E-state index is -0.449. The summed E-state index contributed by atoms with van der Waals surface area (Å²) in [4.78, 5) is 17.7. The SMILES string of the molecule is C[C@@]1(O)CC[C@H]2[C@H](CCC3[C@@H]2CC[C@]2(C)[C@@H](C(=O)Cn4cc5cnccc5n4)CC[C@@H]32)C1. The fraction of sp³-hybridized carbons (Fsp3) is 0.741. The Bertz CT molecular complexity index is 996. The Balaban J connectivity index is 1.18. The Kier molecular flexibility index (Phi) is 4.80. The van der Waals surface area contributed by atoms with E-state index >= 15 is 0 Å². The molecule has 4 fully saturated rings. The van der Waals surface area contributed by atoms with E-state index in [4.69, 9.17) is 0 Å². The molecule has 6 rings (SSSR count). The number of ketones is 1. The van der Waals surface area contributed by atoms with Gasteiger partial charge in [0.25, 0.3) is 0 Å². The quantitative estimate of drug-likeness (QED) is 0.735. The number of aromatic nitrogens is 3. The van der Waals surface area contributed by atoms with Gasteiger partial charge < -0.3 is 5.11 Å². The third kappa shape index (κ3) is 3.26. The molecule has 32 heavy (non-hydrogen) atoms. The summed E-state index contributed by atoms with van der Waals surface area (Å²) < 4.78 is 1.83. The van der Waals surface area contributed by atoms with E-state index in [1.165, 1.54) is 38.5 Å². The van der Waals surface area contributed by atoms with Crippen molar-refractivity contribution in [1.29, 1.82) is 0 Å². The molecule has 5 heteroatoms. The van der Waals surface area contributed by atoms with Crippen LogP contribution in [0.15, 0.2) is 24.7 Å². The molecule has 0 amide bonds. The highest BCUT2D eigenvalue weighted by Crippen LogP contribution is 2.64. The molecule has 0 spiro atoms. The number of Topliss-reactive ketones (excluding diaryl/α,β-unsaturated/α-hetero) is 1. The van der Waals surface area contributed by atoms with Gasteiger partial charge in [0.2, 0.25) is 0 Å². The van der Waals surface area contributed by atoms with E-state index in [1.807, 2.05) is 30.1 Å².